The van der Waals surface area contributed by atoms with Crippen molar-refractivity contribution < 1.29 is 5.11 Å². The Balaban J connectivity index is 2.29. The molecule has 1 N–H and O–H groups in total. The van der Waals surface area contributed by atoms with Crippen LogP contribution in [0.4, 0.5) is 0 Å². The molecule has 0 saturated carbocycles. The second-order valence-electron chi connectivity index (χ2n) is 2.07. The zero-order chi connectivity index (χ0) is 5.33. The number of aliphatic hydroxyl groups is 1. The fraction of sp³-hybridized carbons (Fsp3) is 1.00. The monoisotopic (exact) mass is 166 g/mol. The average molecular weight is 165 g/mol. The molecule has 0 amide bonds. The van der Waals surface area contributed by atoms with Crippen LogP contribution in [-0.4, -0.2) is 25.7 Å². The van der Waals surface area contributed by atoms with E-state index < -0.39 is 0 Å². The fourth-order valence-corrected chi connectivity index (χ4v) is 2.82. The second-order valence-corrected chi connectivity index (χ2v) is 4.14. The quantitative estimate of drug-likeness (QED) is 0.566. The zero-order valence-electron chi connectivity index (χ0n) is 4.48. The van der Waals surface area contributed by atoms with Crippen molar-refractivity contribution in [1.29, 1.82) is 0 Å². The molecular formula is C5H10OSe. The summed E-state index contributed by atoms with van der Waals surface area (Å²) < 4.78 is 0. The Hall–Kier alpha value is 0.479. The van der Waals surface area contributed by atoms with Crippen molar-refractivity contribution in [3.8, 4) is 0 Å². The van der Waals surface area contributed by atoms with Crippen LogP contribution in [0.25, 0.3) is 0 Å². The van der Waals surface area contributed by atoms with E-state index in [0.717, 1.165) is 32.0 Å². The van der Waals surface area contributed by atoms with Crippen LogP contribution in [-0.2, 0) is 0 Å². The summed E-state index contributed by atoms with van der Waals surface area (Å²) in [5.41, 5.74) is -0.208. The molecule has 0 aromatic carbocycles. The van der Waals surface area contributed by atoms with Crippen molar-refractivity contribution in [3.05, 3.63) is 0 Å². The third-order valence-electron chi connectivity index (χ3n) is 1.40. The minimum atomic E-state index is -0.208. The first-order valence-corrected chi connectivity index (χ1v) is 4.99. The Bertz CT molecular complexity index is 63.0. The Kier molecular flexibility index (Phi) is 1.42. The standard InChI is InChI=1S/C5H10OSe/c1-2-5(6)3-7-4-5/h6H,2-4H2,1H3. The van der Waals surface area contributed by atoms with Crippen LogP contribution >= 0.6 is 0 Å². The van der Waals surface area contributed by atoms with Gasteiger partial charge in [-0.25, -0.2) is 0 Å². The van der Waals surface area contributed by atoms with Gasteiger partial charge < -0.3 is 0 Å². The summed E-state index contributed by atoms with van der Waals surface area (Å²) in [6, 6.07) is 0. The van der Waals surface area contributed by atoms with Crippen LogP contribution in [0.5, 0.6) is 0 Å². The van der Waals surface area contributed by atoms with E-state index in [4.69, 9.17) is 0 Å². The topological polar surface area (TPSA) is 20.2 Å². The first kappa shape index (κ1) is 5.61. The molecule has 0 bridgehead atoms. The molecule has 0 spiro atoms. The van der Waals surface area contributed by atoms with E-state index in [1.165, 1.54) is 0 Å². The summed E-state index contributed by atoms with van der Waals surface area (Å²) in [6.45, 7) is 2.05. The molecule has 0 aliphatic carbocycles. The number of hydrogen-bond donors (Lipinski definition) is 1. The van der Waals surface area contributed by atoms with E-state index in [-0.39, 0.29) is 5.60 Å². The van der Waals surface area contributed by atoms with Crippen LogP contribution in [0.3, 0.4) is 0 Å². The number of hydrogen-bond acceptors (Lipinski definition) is 1. The molecule has 7 heavy (non-hydrogen) atoms. The van der Waals surface area contributed by atoms with Gasteiger partial charge >= 0.3 is 49.6 Å². The van der Waals surface area contributed by atoms with Gasteiger partial charge in [-0.1, -0.05) is 0 Å². The summed E-state index contributed by atoms with van der Waals surface area (Å²) in [5.74, 6) is 0. The molecule has 1 aliphatic heterocycles. The van der Waals surface area contributed by atoms with Crippen molar-refractivity contribution in [2.24, 2.45) is 0 Å². The molecule has 0 aromatic heterocycles. The molecule has 0 radical (unpaired) electrons. The van der Waals surface area contributed by atoms with E-state index in [1.54, 1.807) is 0 Å². The maximum absolute atomic E-state index is 9.23. The van der Waals surface area contributed by atoms with E-state index in [0.29, 0.717) is 0 Å². The summed E-state index contributed by atoms with van der Waals surface area (Å²) >= 11 is 0.782. The van der Waals surface area contributed by atoms with E-state index in [1.807, 2.05) is 0 Å². The summed E-state index contributed by atoms with van der Waals surface area (Å²) in [5, 5.41) is 11.4. The van der Waals surface area contributed by atoms with Gasteiger partial charge in [-0.05, 0) is 0 Å². The molecule has 0 aromatic rings. The summed E-state index contributed by atoms with van der Waals surface area (Å²) in [4.78, 5) is 0. The minimum absolute atomic E-state index is 0.208. The molecule has 2 heteroatoms. The molecule has 1 aliphatic rings. The van der Waals surface area contributed by atoms with Crippen LogP contribution in [0.1, 0.15) is 13.3 Å². The van der Waals surface area contributed by atoms with Gasteiger partial charge in [-0.15, -0.1) is 0 Å². The predicted octanol–water partition coefficient (Wildman–Crippen LogP) is 0.682. The molecule has 1 nitrogen and oxygen atoms in total. The molecule has 42 valence electrons. The third-order valence-corrected chi connectivity index (χ3v) is 4.51. The van der Waals surface area contributed by atoms with Crippen LogP contribution in [0.15, 0.2) is 0 Å². The summed E-state index contributed by atoms with van der Waals surface area (Å²) in [7, 11) is 0. The fourth-order valence-electron chi connectivity index (χ4n) is 0.542. The molecular weight excluding hydrogens is 155 g/mol. The Morgan fingerprint density at radius 3 is 2.29 bits per heavy atom. The average Bonchev–Trinajstić information content (AvgIpc) is 1.61. The van der Waals surface area contributed by atoms with Crippen LogP contribution in [0, 0.1) is 0 Å². The van der Waals surface area contributed by atoms with Gasteiger partial charge in [0.2, 0.25) is 0 Å². The zero-order valence-corrected chi connectivity index (χ0v) is 6.19. The van der Waals surface area contributed by atoms with Crippen molar-refractivity contribution >= 4 is 15.0 Å². The van der Waals surface area contributed by atoms with E-state index >= 15 is 0 Å². The molecule has 1 heterocycles. The van der Waals surface area contributed by atoms with Crippen molar-refractivity contribution in [2.45, 2.75) is 29.6 Å². The SMILES string of the molecule is CCC1(O)C[Se]C1. The predicted molar refractivity (Wildman–Crippen MR) is 30.6 cm³/mol. The Morgan fingerprint density at radius 2 is 2.29 bits per heavy atom. The van der Waals surface area contributed by atoms with Gasteiger partial charge in [0.1, 0.15) is 0 Å². The van der Waals surface area contributed by atoms with E-state index in [2.05, 4.69) is 6.92 Å². The molecule has 1 saturated heterocycles. The first-order chi connectivity index (χ1) is 3.27. The first-order valence-electron chi connectivity index (χ1n) is 2.57. The number of rotatable bonds is 1. The second kappa shape index (κ2) is 1.77. The van der Waals surface area contributed by atoms with Crippen molar-refractivity contribution in [3.63, 3.8) is 0 Å². The Labute approximate surface area is 50.3 Å². The molecule has 0 unspecified atom stereocenters. The van der Waals surface area contributed by atoms with Gasteiger partial charge in [0, 0.05) is 0 Å². The van der Waals surface area contributed by atoms with Gasteiger partial charge in [0.05, 0.1) is 0 Å². The van der Waals surface area contributed by atoms with Crippen molar-refractivity contribution in [2.75, 3.05) is 0 Å². The molecule has 0 atom stereocenters. The van der Waals surface area contributed by atoms with Crippen LogP contribution in [0.2, 0.25) is 10.6 Å². The van der Waals surface area contributed by atoms with E-state index in [9.17, 15) is 5.11 Å². The van der Waals surface area contributed by atoms with Crippen LogP contribution < -0.4 is 0 Å². The maximum atomic E-state index is 9.23. The third kappa shape index (κ3) is 0.987. The summed E-state index contributed by atoms with van der Waals surface area (Å²) in [6.07, 6.45) is 0.953. The van der Waals surface area contributed by atoms with Gasteiger partial charge in [0.25, 0.3) is 0 Å². The molecule has 1 rings (SSSR count). The van der Waals surface area contributed by atoms with Gasteiger partial charge in [-0.2, -0.15) is 0 Å². The normalized spacial score (nSPS) is 26.6. The van der Waals surface area contributed by atoms with Crippen molar-refractivity contribution in [1.82, 2.24) is 0 Å². The van der Waals surface area contributed by atoms with Gasteiger partial charge in [0.15, 0.2) is 0 Å². The van der Waals surface area contributed by atoms with Gasteiger partial charge in [-0.3, -0.25) is 0 Å². The Morgan fingerprint density at radius 1 is 1.71 bits per heavy atom. The molecule has 1 fully saturated rings.